The van der Waals surface area contributed by atoms with Crippen LogP contribution in [-0.2, 0) is 56.0 Å². The first-order valence-electron chi connectivity index (χ1n) is 25.5. The van der Waals surface area contributed by atoms with Crippen molar-refractivity contribution in [2.45, 2.75) is 134 Å². The molecule has 75 heavy (non-hydrogen) atoms. The molecule has 0 bridgehead atoms. The molecule has 23 heteroatoms. The van der Waals surface area contributed by atoms with E-state index in [9.17, 15) is 43.2 Å². The Hall–Kier alpha value is -7.85. The zero-order chi connectivity index (χ0) is 55.0. The summed E-state index contributed by atoms with van der Waals surface area (Å²) in [7, 11) is 0. The monoisotopic (exact) mass is 1040 g/mol. The first-order chi connectivity index (χ1) is 35.7. The molecule has 0 unspecified atom stereocenters. The molecule has 0 radical (unpaired) electrons. The summed E-state index contributed by atoms with van der Waals surface area (Å²) in [4.78, 5) is 137. The van der Waals surface area contributed by atoms with Gasteiger partial charge < -0.3 is 65.6 Å². The quantitative estimate of drug-likeness (QED) is 0.0450. The number of primary amides is 1. The highest BCUT2D eigenvalue weighted by Gasteiger charge is 2.36. The minimum atomic E-state index is -1.57. The molecule has 7 atom stereocenters. The average molecular weight is 1040 g/mol. The van der Waals surface area contributed by atoms with Gasteiger partial charge in [-0.2, -0.15) is 0 Å². The smallest absolute Gasteiger partial charge is 0.243 e. The summed E-state index contributed by atoms with van der Waals surface area (Å²) in [6.45, 7) is 5.17. The molecule has 0 saturated carbocycles. The normalized spacial score (nSPS) is 21.4. The molecule has 1 fully saturated rings. The molecule has 1 saturated heterocycles. The molecule has 7 amide bonds. The van der Waals surface area contributed by atoms with Crippen molar-refractivity contribution in [3.63, 3.8) is 0 Å². The summed E-state index contributed by atoms with van der Waals surface area (Å²) in [5, 5.41) is 17.0. The molecule has 0 aliphatic carbocycles. The number of amides is 7. The predicted octanol–water partition coefficient (Wildman–Crippen LogP) is -0.123. The average Bonchev–Trinajstić information content (AvgIpc) is 3.76. The van der Waals surface area contributed by atoms with E-state index < -0.39 is 101 Å². The number of carbonyl (C=O) groups is 9. The van der Waals surface area contributed by atoms with Crippen molar-refractivity contribution in [1.29, 1.82) is 0 Å². The molecular formula is C52H76N14O9. The summed E-state index contributed by atoms with van der Waals surface area (Å²) in [5.74, 6) is -8.56. The van der Waals surface area contributed by atoms with E-state index in [4.69, 9.17) is 28.7 Å². The third kappa shape index (κ3) is 20.9. The van der Waals surface area contributed by atoms with Crippen LogP contribution in [0.2, 0.25) is 0 Å². The van der Waals surface area contributed by atoms with E-state index in [0.29, 0.717) is 12.0 Å². The van der Waals surface area contributed by atoms with Gasteiger partial charge in [0.15, 0.2) is 17.7 Å². The number of rotatable bonds is 18. The van der Waals surface area contributed by atoms with Crippen molar-refractivity contribution < 1.29 is 43.2 Å². The number of aliphatic imine (C=N–C) groups is 2. The van der Waals surface area contributed by atoms with E-state index in [-0.39, 0.29) is 108 Å². The van der Waals surface area contributed by atoms with Gasteiger partial charge in [0, 0.05) is 68.3 Å². The summed E-state index contributed by atoms with van der Waals surface area (Å²) in [5.41, 5.74) is 30.2. The molecule has 1 aromatic heterocycles. The number of aromatic nitrogens is 1. The Labute approximate surface area is 436 Å². The van der Waals surface area contributed by atoms with Gasteiger partial charge in [-0.1, -0.05) is 62.4 Å². The van der Waals surface area contributed by atoms with Crippen molar-refractivity contribution >= 4 is 75.7 Å². The molecule has 4 rings (SSSR count). The van der Waals surface area contributed by atoms with Crippen molar-refractivity contribution in [3.8, 4) is 0 Å². The molecule has 408 valence electrons. The highest BCUT2D eigenvalue weighted by atomic mass is 16.2. The fraction of sp³-hybridized carbons (Fsp3) is 0.519. The second kappa shape index (κ2) is 30.4. The Kier molecular flexibility index (Phi) is 24.2. The maximum absolute atomic E-state index is 14.8. The number of hydrogen-bond donors (Lipinski definition) is 12. The van der Waals surface area contributed by atoms with Gasteiger partial charge in [-0.25, -0.2) is 0 Å². The number of nitrogens with two attached hydrogens (primary N) is 5. The molecular weight excluding hydrogens is 965 g/mol. The number of ketones is 2. The first-order valence-corrected chi connectivity index (χ1v) is 25.5. The number of para-hydroxylation sites is 1. The minimum Gasteiger partial charge on any atom is -0.370 e. The van der Waals surface area contributed by atoms with Crippen LogP contribution in [0.4, 0.5) is 0 Å². The lowest BCUT2D eigenvalue weighted by molar-refractivity contribution is -0.136. The van der Waals surface area contributed by atoms with Gasteiger partial charge >= 0.3 is 0 Å². The number of hydrogen-bond acceptors (Lipinski definition) is 11. The van der Waals surface area contributed by atoms with E-state index in [1.54, 1.807) is 36.5 Å². The molecule has 3 aromatic rings. The molecule has 0 spiro atoms. The first kappa shape index (κ1) is 59.7. The van der Waals surface area contributed by atoms with Gasteiger partial charge in [0.05, 0.1) is 12.5 Å². The SMILES string of the molecule is CC(=O)N[C@@H](CCCN=C(N)N)C(=O)N[C@H]1CC(=O)NCCCC[C@@H](C(N)=O)NC(=O)[C@H](Cc2c[nH]c3ccccc23)CC(=O)[C@H](CCCN=C(N)N)CC(=O)[C@@H](Cc2ccccc2)NC(=O)[C@@H](CC(C)C)NC1=O. The van der Waals surface area contributed by atoms with Crippen molar-refractivity contribution in [2.24, 2.45) is 56.4 Å². The third-order valence-corrected chi connectivity index (χ3v) is 12.8. The lowest BCUT2D eigenvalue weighted by Gasteiger charge is -2.28. The Morgan fingerprint density at radius 3 is 2.04 bits per heavy atom. The number of Topliss-reactive ketones (excluding diaryl/α,β-unsaturated/α-hetero) is 2. The van der Waals surface area contributed by atoms with Gasteiger partial charge in [0.25, 0.3) is 0 Å². The van der Waals surface area contributed by atoms with Gasteiger partial charge in [-0.15, -0.1) is 0 Å². The Balaban J connectivity index is 1.77. The van der Waals surface area contributed by atoms with Gasteiger partial charge in [-0.3, -0.25) is 53.1 Å². The van der Waals surface area contributed by atoms with Crippen molar-refractivity contribution in [3.05, 3.63) is 71.9 Å². The number of nitrogens with zero attached hydrogens (tertiary/aromatic N) is 2. The number of benzene rings is 2. The molecule has 1 aliphatic heterocycles. The highest BCUT2D eigenvalue weighted by Crippen LogP contribution is 2.26. The topological polar surface area (TPSA) is 396 Å². The van der Waals surface area contributed by atoms with Crippen LogP contribution in [-0.4, -0.2) is 120 Å². The number of nitrogens with one attached hydrogen (secondary N) is 7. The summed E-state index contributed by atoms with van der Waals surface area (Å²) < 4.78 is 0. The number of H-pyrrole nitrogens is 1. The van der Waals surface area contributed by atoms with Crippen LogP contribution < -0.4 is 60.6 Å². The molecule has 23 nitrogen and oxygen atoms in total. The van der Waals surface area contributed by atoms with Crippen LogP contribution in [0.25, 0.3) is 10.9 Å². The summed E-state index contributed by atoms with van der Waals surface area (Å²) >= 11 is 0. The van der Waals surface area contributed by atoms with Crippen LogP contribution in [0.1, 0.15) is 103 Å². The maximum Gasteiger partial charge on any atom is 0.243 e. The summed E-state index contributed by atoms with van der Waals surface area (Å²) in [6, 6.07) is 9.90. The molecule has 2 aromatic carbocycles. The van der Waals surface area contributed by atoms with E-state index in [1.165, 1.54) is 6.92 Å². The van der Waals surface area contributed by atoms with Crippen LogP contribution >= 0.6 is 0 Å². The zero-order valence-corrected chi connectivity index (χ0v) is 43.2. The molecule has 1 aliphatic rings. The van der Waals surface area contributed by atoms with Crippen LogP contribution in [0.15, 0.2) is 70.8 Å². The minimum absolute atomic E-state index is 0.00462. The fourth-order valence-electron chi connectivity index (χ4n) is 8.92. The molecule has 17 N–H and O–H groups in total. The zero-order valence-electron chi connectivity index (χ0n) is 43.2. The largest absolute Gasteiger partial charge is 0.370 e. The number of guanidine groups is 2. The van der Waals surface area contributed by atoms with Gasteiger partial charge in [-0.05, 0) is 87.3 Å². The van der Waals surface area contributed by atoms with Crippen LogP contribution in [0, 0.1) is 17.8 Å². The van der Waals surface area contributed by atoms with E-state index in [2.05, 4.69) is 46.9 Å². The lowest BCUT2D eigenvalue weighted by Crippen LogP contribution is -2.58. The maximum atomic E-state index is 14.8. The lowest BCUT2D eigenvalue weighted by atomic mass is 9.83. The van der Waals surface area contributed by atoms with Crippen molar-refractivity contribution in [2.75, 3.05) is 19.6 Å². The van der Waals surface area contributed by atoms with E-state index in [1.807, 2.05) is 38.1 Å². The van der Waals surface area contributed by atoms with Crippen LogP contribution in [0.5, 0.6) is 0 Å². The number of fused-ring (bicyclic) bond motifs is 1. The Morgan fingerprint density at radius 1 is 0.720 bits per heavy atom. The van der Waals surface area contributed by atoms with Crippen LogP contribution in [0.3, 0.4) is 0 Å². The Morgan fingerprint density at radius 2 is 1.37 bits per heavy atom. The standard InChI is InChI=1S/C52H76N14O9/c1-30(2)23-41-49(74)64-40(24-32-13-5-4-6-14-32)44(69)26-33(15-11-21-59-51(54)55)43(68)27-34(25-35-29-61-37-17-8-7-16-36(35)37)47(72)63-38(46(53)71)18-9-10-20-58-45(70)28-42(50(75)65-41)66-48(73)39(62-31(3)67)19-12-22-60-52(56)57/h4-8,13-14,16-17,29-30,33-34,38-42,61H,9-12,15,18-28H2,1-3H3,(H2,53,71)(H,58,70)(H,62,67)(H,63,72)(H,64,74)(H,65,75)(H,66,73)(H4,54,55,59)(H4,56,57,60)/t33-,34-,38+,39+,40-,41-,42+/m1/s1. The Bertz CT molecular complexity index is 2500. The fourth-order valence-corrected chi connectivity index (χ4v) is 8.92. The summed E-state index contributed by atoms with van der Waals surface area (Å²) in [6.07, 6.45) is 1.97. The highest BCUT2D eigenvalue weighted by molar-refractivity contribution is 5.99. The predicted molar refractivity (Wildman–Crippen MR) is 284 cm³/mol. The number of carbonyl (C=O) groups excluding carboxylic acids is 9. The number of aromatic amines is 1. The van der Waals surface area contributed by atoms with Crippen molar-refractivity contribution in [1.82, 2.24) is 36.9 Å². The second-order valence-electron chi connectivity index (χ2n) is 19.5. The van der Waals surface area contributed by atoms with E-state index >= 15 is 0 Å². The van der Waals surface area contributed by atoms with Gasteiger partial charge in [0.2, 0.25) is 41.4 Å². The van der Waals surface area contributed by atoms with E-state index in [0.717, 1.165) is 16.5 Å². The van der Waals surface area contributed by atoms with Gasteiger partial charge in [0.1, 0.15) is 30.0 Å². The third-order valence-electron chi connectivity index (χ3n) is 12.8. The molecule has 2 heterocycles. The second-order valence-corrected chi connectivity index (χ2v) is 19.5.